The molecule has 1 aliphatic heterocycles. The van der Waals surface area contributed by atoms with Crippen molar-refractivity contribution in [2.45, 2.75) is 78.1 Å². The number of likely N-dealkylation sites (N-methyl/N-ethyl adjacent to an activating group) is 1. The quantitative estimate of drug-likeness (QED) is 0.0776. The van der Waals surface area contributed by atoms with Gasteiger partial charge in [0, 0.05) is 30.2 Å². The number of carbonyl (C=O) groups excluding carboxylic acids is 6. The fraction of sp³-hybridized carbons (Fsp3) is 0.358. The molecule has 6 rings (SSSR count). The van der Waals surface area contributed by atoms with E-state index in [0.29, 0.717) is 45.2 Å². The number of aromatic nitrogens is 2. The lowest BCUT2D eigenvalue weighted by molar-refractivity contribution is -0.145. The predicted molar refractivity (Wildman–Crippen MR) is 264 cm³/mol. The number of nitrogens with one attached hydrogen (secondary N) is 4. The van der Waals surface area contributed by atoms with Gasteiger partial charge in [0.2, 0.25) is 17.7 Å². The maximum absolute atomic E-state index is 14.4. The van der Waals surface area contributed by atoms with Crippen LogP contribution in [-0.4, -0.2) is 111 Å². The molecular formula is C53H61N7O11. The van der Waals surface area contributed by atoms with E-state index in [1.165, 1.54) is 35.3 Å². The third kappa shape index (κ3) is 12.8. The van der Waals surface area contributed by atoms with E-state index in [-0.39, 0.29) is 48.7 Å². The molecule has 2 heterocycles. The summed E-state index contributed by atoms with van der Waals surface area (Å²) in [5.41, 5.74) is 5.35. The lowest BCUT2D eigenvalue weighted by Gasteiger charge is -2.30. The number of hydrogen-bond donors (Lipinski definition) is 4. The van der Waals surface area contributed by atoms with Crippen molar-refractivity contribution < 1.29 is 52.5 Å². The molecule has 5 amide bonds. The number of nitrogens with zero attached hydrogens (tertiary/aromatic N) is 3. The van der Waals surface area contributed by atoms with Crippen molar-refractivity contribution >= 4 is 35.7 Å². The standard InChI is InChI=1S/C53H61N7O11/c1-30-44(31(2)57-47(56-30)35-16-19-37(20-17-35)53(4,5)6)49(63)55-28-43(61)60(7)45-36-18-21-41(67-8)38(27-36)39-24-34(25-40(51(65)69-10)59-48(62)32(3)58-50(45)64)26-42(46(39)68-9)70-23-22-54-52(66)71-29-33-14-12-11-13-15-33/h11-21,24,26-27,32,40,45H,22-23,25,28-29H2,1-10H3,(H,54,66)(H,55,63)(H,58,64)(H,59,62)/t32-,40-,45-/m0/s1. The number of methoxy groups -OCH3 is 3. The molecule has 1 aromatic heterocycles. The Morgan fingerprint density at radius 2 is 1.49 bits per heavy atom. The van der Waals surface area contributed by atoms with Gasteiger partial charge in [0.1, 0.15) is 37.1 Å². The number of amides is 5. The maximum Gasteiger partial charge on any atom is 0.407 e. The Labute approximate surface area is 413 Å². The van der Waals surface area contributed by atoms with E-state index in [1.807, 2.05) is 54.6 Å². The summed E-state index contributed by atoms with van der Waals surface area (Å²) in [5, 5.41) is 10.7. The van der Waals surface area contributed by atoms with Crippen LogP contribution < -0.4 is 35.5 Å². The molecule has 4 N–H and O–H groups in total. The van der Waals surface area contributed by atoms with Crippen LogP contribution >= 0.6 is 0 Å². The fourth-order valence-electron chi connectivity index (χ4n) is 8.07. The van der Waals surface area contributed by atoms with Gasteiger partial charge in [-0.05, 0) is 72.7 Å². The molecule has 5 aromatic rings. The van der Waals surface area contributed by atoms with E-state index in [4.69, 9.17) is 23.7 Å². The number of benzene rings is 4. The van der Waals surface area contributed by atoms with Crippen molar-refractivity contribution in [3.63, 3.8) is 0 Å². The summed E-state index contributed by atoms with van der Waals surface area (Å²) in [4.78, 5) is 92.2. The van der Waals surface area contributed by atoms with Crippen LogP contribution in [0.3, 0.4) is 0 Å². The van der Waals surface area contributed by atoms with E-state index in [0.717, 1.165) is 21.6 Å². The molecular weight excluding hydrogens is 911 g/mol. The highest BCUT2D eigenvalue weighted by Crippen LogP contribution is 2.44. The molecule has 0 aliphatic carbocycles. The van der Waals surface area contributed by atoms with Crippen molar-refractivity contribution in [3.8, 4) is 39.8 Å². The Kier molecular flexibility index (Phi) is 17.0. The lowest BCUT2D eigenvalue weighted by Crippen LogP contribution is -2.53. The zero-order valence-electron chi connectivity index (χ0n) is 41.7. The first-order valence-electron chi connectivity index (χ1n) is 23.0. The Morgan fingerprint density at radius 3 is 2.13 bits per heavy atom. The second-order valence-corrected chi connectivity index (χ2v) is 18.0. The summed E-state index contributed by atoms with van der Waals surface area (Å²) >= 11 is 0. The molecule has 18 heteroatoms. The van der Waals surface area contributed by atoms with Crippen LogP contribution in [0.1, 0.15) is 77.7 Å². The smallest absolute Gasteiger partial charge is 0.407 e. The summed E-state index contributed by atoms with van der Waals surface area (Å²) in [6, 6.07) is 21.6. The fourth-order valence-corrected chi connectivity index (χ4v) is 8.07. The third-order valence-corrected chi connectivity index (χ3v) is 11.9. The minimum atomic E-state index is -1.38. The van der Waals surface area contributed by atoms with Gasteiger partial charge in [-0.15, -0.1) is 0 Å². The molecule has 0 fully saturated rings. The number of alkyl carbamates (subject to hydrolysis) is 1. The number of ether oxygens (including phenoxy) is 5. The number of esters is 1. The van der Waals surface area contributed by atoms with Crippen LogP contribution in [0, 0.1) is 13.8 Å². The molecule has 18 nitrogen and oxygen atoms in total. The number of fused-ring (bicyclic) bond motifs is 5. The Bertz CT molecular complexity index is 2750. The molecule has 0 radical (unpaired) electrons. The summed E-state index contributed by atoms with van der Waals surface area (Å²) in [5.74, 6) is -2.23. The first-order valence-corrected chi connectivity index (χ1v) is 23.0. The molecule has 0 unspecified atom stereocenters. The molecule has 0 spiro atoms. The Morgan fingerprint density at radius 1 is 0.803 bits per heavy atom. The number of carbonyl (C=O) groups is 6. The van der Waals surface area contributed by atoms with Gasteiger partial charge in [0.15, 0.2) is 17.3 Å². The van der Waals surface area contributed by atoms with Gasteiger partial charge in [-0.1, -0.05) is 81.4 Å². The Hall–Kier alpha value is -8.02. The topological polar surface area (TPSA) is 226 Å². The monoisotopic (exact) mass is 971 g/mol. The second-order valence-electron chi connectivity index (χ2n) is 18.0. The van der Waals surface area contributed by atoms with Gasteiger partial charge in [-0.25, -0.2) is 19.6 Å². The first kappa shape index (κ1) is 52.4. The summed E-state index contributed by atoms with van der Waals surface area (Å²) in [7, 11) is 5.49. The van der Waals surface area contributed by atoms with E-state index in [9.17, 15) is 28.8 Å². The molecule has 374 valence electrons. The number of rotatable bonds is 14. The van der Waals surface area contributed by atoms with Gasteiger partial charge in [-0.2, -0.15) is 0 Å². The van der Waals surface area contributed by atoms with Crippen LogP contribution in [0.4, 0.5) is 4.79 Å². The molecule has 0 saturated carbocycles. The van der Waals surface area contributed by atoms with E-state index >= 15 is 0 Å². The molecule has 4 bridgehead atoms. The molecule has 71 heavy (non-hydrogen) atoms. The maximum atomic E-state index is 14.4. The van der Waals surface area contributed by atoms with Crippen LogP contribution in [-0.2, 0) is 47.1 Å². The van der Waals surface area contributed by atoms with Crippen molar-refractivity contribution in [3.05, 3.63) is 124 Å². The third-order valence-electron chi connectivity index (χ3n) is 11.9. The minimum Gasteiger partial charge on any atom is -0.496 e. The highest BCUT2D eigenvalue weighted by Gasteiger charge is 2.34. The van der Waals surface area contributed by atoms with Crippen LogP contribution in [0.5, 0.6) is 17.2 Å². The molecule has 4 aromatic carbocycles. The average molecular weight is 972 g/mol. The highest BCUT2D eigenvalue weighted by molar-refractivity contribution is 5.99. The zero-order chi connectivity index (χ0) is 51.6. The average Bonchev–Trinajstić information content (AvgIpc) is 3.35. The first-order chi connectivity index (χ1) is 33.8. The van der Waals surface area contributed by atoms with Crippen molar-refractivity contribution in [1.82, 2.24) is 36.1 Å². The zero-order valence-corrected chi connectivity index (χ0v) is 41.7. The van der Waals surface area contributed by atoms with Gasteiger partial charge in [0.05, 0.1) is 51.4 Å². The van der Waals surface area contributed by atoms with Crippen molar-refractivity contribution in [2.75, 3.05) is 48.1 Å². The van der Waals surface area contributed by atoms with Crippen LogP contribution in [0.2, 0.25) is 0 Å². The van der Waals surface area contributed by atoms with Gasteiger partial charge in [0.25, 0.3) is 5.91 Å². The second kappa shape index (κ2) is 23.1. The van der Waals surface area contributed by atoms with Gasteiger partial charge < -0.3 is 49.9 Å². The van der Waals surface area contributed by atoms with E-state index < -0.39 is 60.4 Å². The Balaban J connectivity index is 1.30. The minimum absolute atomic E-state index is 0.0383. The largest absolute Gasteiger partial charge is 0.496 e. The van der Waals surface area contributed by atoms with E-state index in [2.05, 4.69) is 52.0 Å². The number of hydrogen-bond acceptors (Lipinski definition) is 13. The van der Waals surface area contributed by atoms with Crippen molar-refractivity contribution in [2.24, 2.45) is 0 Å². The number of aryl methyl sites for hydroxylation is 2. The van der Waals surface area contributed by atoms with Crippen LogP contribution in [0.25, 0.3) is 22.5 Å². The summed E-state index contributed by atoms with van der Waals surface area (Å²) in [6.07, 6.45) is -0.731. The normalized spacial score (nSPS) is 15.7. The predicted octanol–water partition coefficient (Wildman–Crippen LogP) is 5.70. The SMILES string of the molecule is COC(=O)[C@@H]1Cc2cc(OCCNC(=O)OCc3ccccc3)c(OC)c(c2)-c2cc(ccc2OC)[C@H](N(C)C(=O)CNC(=O)c2c(C)nc(-c3ccc(C(C)(C)C)cc3)nc2C)C(=O)N[C@@H](C)C(=O)N1. The molecule has 1 aliphatic rings. The highest BCUT2D eigenvalue weighted by atomic mass is 16.6. The lowest BCUT2D eigenvalue weighted by atomic mass is 9.86. The summed E-state index contributed by atoms with van der Waals surface area (Å²) < 4.78 is 28.4. The van der Waals surface area contributed by atoms with Crippen molar-refractivity contribution in [1.29, 1.82) is 0 Å². The van der Waals surface area contributed by atoms with Crippen LogP contribution in [0.15, 0.2) is 84.9 Å². The van der Waals surface area contributed by atoms with Gasteiger partial charge >= 0.3 is 12.1 Å². The van der Waals surface area contributed by atoms with E-state index in [1.54, 1.807) is 44.2 Å². The summed E-state index contributed by atoms with van der Waals surface area (Å²) in [6.45, 7) is 10.8. The molecule has 3 atom stereocenters. The molecule has 0 saturated heterocycles. The van der Waals surface area contributed by atoms with Gasteiger partial charge in [-0.3, -0.25) is 19.2 Å².